The van der Waals surface area contributed by atoms with Gasteiger partial charge in [0.15, 0.2) is 5.78 Å². The lowest BCUT2D eigenvalue weighted by Crippen LogP contribution is -2.10. The van der Waals surface area contributed by atoms with E-state index < -0.39 is 4.92 Å². The third-order valence-electron chi connectivity index (χ3n) is 3.65. The Balaban J connectivity index is 1.97. The molecule has 2 rings (SSSR count). The molecule has 114 valence electrons. The maximum Gasteiger partial charge on any atom is 0.270 e. The first-order valence-corrected chi connectivity index (χ1v) is 7.07. The van der Waals surface area contributed by atoms with Crippen molar-refractivity contribution in [3.63, 3.8) is 0 Å². The standard InChI is InChI=1S/C17H18N2O3/c1-12-5-3-8-16(13(12)2)18-10-9-17(20)14-6-4-7-15(11-14)19(21)22/h3-8,11,18H,9-10H2,1-2H3. The molecule has 0 bridgehead atoms. The second-order valence-electron chi connectivity index (χ2n) is 5.15. The Morgan fingerprint density at radius 3 is 2.64 bits per heavy atom. The molecule has 0 aliphatic rings. The number of anilines is 1. The van der Waals surface area contributed by atoms with Gasteiger partial charge in [-0.05, 0) is 31.0 Å². The van der Waals surface area contributed by atoms with Crippen LogP contribution >= 0.6 is 0 Å². The van der Waals surface area contributed by atoms with E-state index in [9.17, 15) is 14.9 Å². The van der Waals surface area contributed by atoms with E-state index in [1.165, 1.54) is 23.8 Å². The van der Waals surface area contributed by atoms with Gasteiger partial charge >= 0.3 is 0 Å². The Kier molecular flexibility index (Phi) is 4.88. The number of Topliss-reactive ketones (excluding diaryl/α,β-unsaturated/α-hetero) is 1. The van der Waals surface area contributed by atoms with Gasteiger partial charge in [0.2, 0.25) is 0 Å². The van der Waals surface area contributed by atoms with E-state index in [0.717, 1.165) is 11.3 Å². The number of carbonyl (C=O) groups is 1. The average Bonchev–Trinajstić information content (AvgIpc) is 2.51. The highest BCUT2D eigenvalue weighted by Crippen LogP contribution is 2.18. The SMILES string of the molecule is Cc1cccc(NCCC(=O)c2cccc([N+](=O)[O-])c2)c1C. The van der Waals surface area contributed by atoms with E-state index in [-0.39, 0.29) is 17.9 Å². The molecule has 2 aromatic carbocycles. The van der Waals surface area contributed by atoms with Crippen LogP contribution in [-0.4, -0.2) is 17.3 Å². The molecule has 1 N–H and O–H groups in total. The third kappa shape index (κ3) is 3.69. The number of ketones is 1. The largest absolute Gasteiger partial charge is 0.384 e. The molecule has 0 aromatic heterocycles. The summed E-state index contributed by atoms with van der Waals surface area (Å²) >= 11 is 0. The summed E-state index contributed by atoms with van der Waals surface area (Å²) in [5, 5.41) is 14.0. The lowest BCUT2D eigenvalue weighted by molar-refractivity contribution is -0.384. The van der Waals surface area contributed by atoms with Crippen molar-refractivity contribution in [2.24, 2.45) is 0 Å². The molecule has 0 saturated heterocycles. The molecule has 5 nitrogen and oxygen atoms in total. The topological polar surface area (TPSA) is 72.2 Å². The van der Waals surface area contributed by atoms with Gasteiger partial charge in [-0.25, -0.2) is 0 Å². The van der Waals surface area contributed by atoms with E-state index in [2.05, 4.69) is 5.32 Å². The lowest BCUT2D eigenvalue weighted by Gasteiger charge is -2.11. The molecule has 5 heteroatoms. The number of hydrogen-bond acceptors (Lipinski definition) is 4. The Morgan fingerprint density at radius 1 is 1.18 bits per heavy atom. The summed E-state index contributed by atoms with van der Waals surface area (Å²) in [5.74, 6) is -0.110. The molecule has 0 saturated carbocycles. The maximum atomic E-state index is 12.1. The second-order valence-corrected chi connectivity index (χ2v) is 5.15. The molecule has 0 aliphatic carbocycles. The summed E-state index contributed by atoms with van der Waals surface area (Å²) < 4.78 is 0. The number of aryl methyl sites for hydroxylation is 1. The zero-order valence-corrected chi connectivity index (χ0v) is 12.6. The van der Waals surface area contributed by atoms with Gasteiger partial charge in [0.1, 0.15) is 0 Å². The lowest BCUT2D eigenvalue weighted by atomic mass is 10.1. The summed E-state index contributed by atoms with van der Waals surface area (Å²) in [6.07, 6.45) is 0.286. The minimum atomic E-state index is -0.495. The first kappa shape index (κ1) is 15.7. The first-order chi connectivity index (χ1) is 10.5. The minimum Gasteiger partial charge on any atom is -0.384 e. The van der Waals surface area contributed by atoms with Crippen molar-refractivity contribution < 1.29 is 9.72 Å². The quantitative estimate of drug-likeness (QED) is 0.499. The number of nitrogens with zero attached hydrogens (tertiary/aromatic N) is 1. The third-order valence-corrected chi connectivity index (χ3v) is 3.65. The molecule has 0 amide bonds. The van der Waals surface area contributed by atoms with Gasteiger partial charge in [-0.15, -0.1) is 0 Å². The van der Waals surface area contributed by atoms with E-state index >= 15 is 0 Å². The molecule has 0 unspecified atom stereocenters. The summed E-state index contributed by atoms with van der Waals surface area (Å²) in [6.45, 7) is 4.56. The number of nitro benzene ring substituents is 1. The number of nitrogens with one attached hydrogen (secondary N) is 1. The van der Waals surface area contributed by atoms with Crippen LogP contribution in [0.2, 0.25) is 0 Å². The number of hydrogen-bond donors (Lipinski definition) is 1. The maximum absolute atomic E-state index is 12.1. The number of benzene rings is 2. The van der Waals surface area contributed by atoms with Gasteiger partial charge < -0.3 is 5.32 Å². The van der Waals surface area contributed by atoms with Crippen LogP contribution in [0, 0.1) is 24.0 Å². The molecule has 0 fully saturated rings. The predicted molar refractivity (Wildman–Crippen MR) is 86.4 cm³/mol. The Hall–Kier alpha value is -2.69. The average molecular weight is 298 g/mol. The monoisotopic (exact) mass is 298 g/mol. The van der Waals surface area contributed by atoms with Crippen molar-refractivity contribution in [1.29, 1.82) is 0 Å². The molecule has 22 heavy (non-hydrogen) atoms. The zero-order valence-electron chi connectivity index (χ0n) is 12.6. The normalized spacial score (nSPS) is 10.3. The van der Waals surface area contributed by atoms with E-state index in [1.807, 2.05) is 32.0 Å². The summed E-state index contributed by atoms with van der Waals surface area (Å²) in [6, 6.07) is 11.8. The van der Waals surface area contributed by atoms with Crippen LogP contribution in [0.5, 0.6) is 0 Å². The Labute approximate surface area is 129 Å². The van der Waals surface area contributed by atoms with Gasteiger partial charge in [0.05, 0.1) is 4.92 Å². The molecule has 2 aromatic rings. The number of rotatable bonds is 6. The Morgan fingerprint density at radius 2 is 1.91 bits per heavy atom. The second kappa shape index (κ2) is 6.85. The molecule has 0 atom stereocenters. The van der Waals surface area contributed by atoms with Crippen LogP contribution in [0.25, 0.3) is 0 Å². The van der Waals surface area contributed by atoms with Crippen LogP contribution < -0.4 is 5.32 Å². The molecule has 0 spiro atoms. The van der Waals surface area contributed by atoms with Crippen molar-refractivity contribution in [2.75, 3.05) is 11.9 Å². The minimum absolute atomic E-state index is 0.0617. The van der Waals surface area contributed by atoms with Crippen molar-refractivity contribution in [1.82, 2.24) is 0 Å². The van der Waals surface area contributed by atoms with E-state index in [4.69, 9.17) is 0 Å². The van der Waals surface area contributed by atoms with Gasteiger partial charge in [-0.1, -0.05) is 24.3 Å². The van der Waals surface area contributed by atoms with Crippen molar-refractivity contribution >= 4 is 17.2 Å². The molecular weight excluding hydrogens is 280 g/mol. The van der Waals surface area contributed by atoms with Crippen LogP contribution in [0.15, 0.2) is 42.5 Å². The van der Waals surface area contributed by atoms with Crippen molar-refractivity contribution in [2.45, 2.75) is 20.3 Å². The van der Waals surface area contributed by atoms with Gasteiger partial charge in [-0.2, -0.15) is 0 Å². The predicted octanol–water partition coefficient (Wildman–Crippen LogP) is 3.90. The first-order valence-electron chi connectivity index (χ1n) is 7.07. The van der Waals surface area contributed by atoms with Crippen LogP contribution in [0.3, 0.4) is 0 Å². The zero-order chi connectivity index (χ0) is 16.1. The van der Waals surface area contributed by atoms with Gasteiger partial charge in [-0.3, -0.25) is 14.9 Å². The summed E-state index contributed by atoms with van der Waals surface area (Å²) in [5.41, 5.74) is 3.66. The van der Waals surface area contributed by atoms with Crippen LogP contribution in [0.4, 0.5) is 11.4 Å². The number of carbonyl (C=O) groups excluding carboxylic acids is 1. The fourth-order valence-electron chi connectivity index (χ4n) is 2.19. The highest BCUT2D eigenvalue weighted by molar-refractivity contribution is 5.96. The van der Waals surface area contributed by atoms with Gasteiger partial charge in [0, 0.05) is 36.3 Å². The molecule has 0 aliphatic heterocycles. The van der Waals surface area contributed by atoms with E-state index in [0.29, 0.717) is 12.1 Å². The van der Waals surface area contributed by atoms with Gasteiger partial charge in [0.25, 0.3) is 5.69 Å². The van der Waals surface area contributed by atoms with Crippen LogP contribution in [-0.2, 0) is 0 Å². The van der Waals surface area contributed by atoms with E-state index in [1.54, 1.807) is 6.07 Å². The smallest absolute Gasteiger partial charge is 0.270 e. The van der Waals surface area contributed by atoms with Crippen LogP contribution in [0.1, 0.15) is 27.9 Å². The molecule has 0 heterocycles. The summed E-state index contributed by atoms with van der Waals surface area (Å²) in [7, 11) is 0. The molecular formula is C17H18N2O3. The fourth-order valence-corrected chi connectivity index (χ4v) is 2.19. The number of nitro groups is 1. The van der Waals surface area contributed by atoms with Crippen molar-refractivity contribution in [3.05, 3.63) is 69.3 Å². The summed E-state index contributed by atoms with van der Waals surface area (Å²) in [4.78, 5) is 22.3. The fraction of sp³-hybridized carbons (Fsp3) is 0.235. The number of non-ortho nitro benzene ring substituents is 1. The Bertz CT molecular complexity index is 711. The highest BCUT2D eigenvalue weighted by atomic mass is 16.6. The highest BCUT2D eigenvalue weighted by Gasteiger charge is 2.11. The van der Waals surface area contributed by atoms with Crippen molar-refractivity contribution in [3.8, 4) is 0 Å². The molecule has 0 radical (unpaired) electrons.